The number of fused-ring (bicyclic) bond motifs is 1. The molecule has 0 aromatic heterocycles. The summed E-state index contributed by atoms with van der Waals surface area (Å²) in [5, 5.41) is 9.05. The quantitative estimate of drug-likeness (QED) is 0.694. The molecule has 68 valence electrons. The van der Waals surface area contributed by atoms with Gasteiger partial charge < -0.3 is 9.84 Å². The molecule has 1 N–H and O–H groups in total. The van der Waals surface area contributed by atoms with Crippen molar-refractivity contribution in [3.8, 4) is 0 Å². The van der Waals surface area contributed by atoms with Gasteiger partial charge in [0.25, 0.3) is 0 Å². The van der Waals surface area contributed by atoms with Gasteiger partial charge in [0.2, 0.25) is 0 Å². The van der Waals surface area contributed by atoms with E-state index in [0.29, 0.717) is 6.61 Å². The van der Waals surface area contributed by atoms with E-state index in [0.717, 1.165) is 25.7 Å². The van der Waals surface area contributed by atoms with E-state index < -0.39 is 11.4 Å². The molecule has 3 nitrogen and oxygen atoms in total. The highest BCUT2D eigenvalue weighted by Crippen LogP contribution is 2.73. The molecule has 2 aliphatic carbocycles. The predicted molar refractivity (Wildman–Crippen MR) is 42.8 cm³/mol. The van der Waals surface area contributed by atoms with Gasteiger partial charge in [0, 0.05) is 12.5 Å². The number of aliphatic carboxylic acids is 1. The summed E-state index contributed by atoms with van der Waals surface area (Å²) in [7, 11) is 1.65. The standard InChI is InChI=1S/C9H14O3/c1-12-6-8-3-2-4-9(8,5-8)7(10)11/h2-6H2,1H3,(H,10,11). The summed E-state index contributed by atoms with van der Waals surface area (Å²) < 4.78 is 5.08. The Bertz CT molecular complexity index is 226. The van der Waals surface area contributed by atoms with Crippen LogP contribution in [0.25, 0.3) is 0 Å². The summed E-state index contributed by atoms with van der Waals surface area (Å²) >= 11 is 0. The Morgan fingerprint density at radius 2 is 2.33 bits per heavy atom. The Morgan fingerprint density at radius 1 is 1.58 bits per heavy atom. The molecule has 0 aromatic rings. The predicted octanol–water partition coefficient (Wildman–Crippen LogP) is 1.28. The van der Waals surface area contributed by atoms with E-state index in [1.807, 2.05) is 0 Å². The van der Waals surface area contributed by atoms with Crippen molar-refractivity contribution in [2.45, 2.75) is 25.7 Å². The lowest BCUT2D eigenvalue weighted by Crippen LogP contribution is -2.21. The second-order valence-electron chi connectivity index (χ2n) is 4.13. The average molecular weight is 170 g/mol. The fraction of sp³-hybridized carbons (Fsp3) is 0.889. The van der Waals surface area contributed by atoms with Gasteiger partial charge in [-0.15, -0.1) is 0 Å². The van der Waals surface area contributed by atoms with Crippen LogP contribution in [0.5, 0.6) is 0 Å². The van der Waals surface area contributed by atoms with Crippen LogP contribution in [-0.2, 0) is 9.53 Å². The number of ether oxygens (including phenoxy) is 1. The van der Waals surface area contributed by atoms with Gasteiger partial charge in [-0.2, -0.15) is 0 Å². The zero-order valence-corrected chi connectivity index (χ0v) is 7.30. The molecule has 0 aromatic carbocycles. The van der Waals surface area contributed by atoms with Crippen LogP contribution < -0.4 is 0 Å². The molecular weight excluding hydrogens is 156 g/mol. The zero-order chi connectivity index (χ0) is 8.82. The highest BCUT2D eigenvalue weighted by Gasteiger charge is 2.74. The van der Waals surface area contributed by atoms with Gasteiger partial charge in [-0.1, -0.05) is 6.42 Å². The maximum absolute atomic E-state index is 11.0. The molecule has 2 saturated carbocycles. The fourth-order valence-electron chi connectivity index (χ4n) is 2.89. The van der Waals surface area contributed by atoms with Crippen molar-refractivity contribution in [1.29, 1.82) is 0 Å². The molecule has 2 rings (SSSR count). The Morgan fingerprint density at radius 3 is 2.83 bits per heavy atom. The van der Waals surface area contributed by atoms with Crippen molar-refractivity contribution >= 4 is 5.97 Å². The Hall–Kier alpha value is -0.570. The fourth-order valence-corrected chi connectivity index (χ4v) is 2.89. The number of methoxy groups -OCH3 is 1. The maximum atomic E-state index is 11.0. The Labute approximate surface area is 71.7 Å². The zero-order valence-electron chi connectivity index (χ0n) is 7.30. The van der Waals surface area contributed by atoms with Gasteiger partial charge in [0.05, 0.1) is 12.0 Å². The van der Waals surface area contributed by atoms with Crippen molar-refractivity contribution < 1.29 is 14.6 Å². The van der Waals surface area contributed by atoms with Crippen molar-refractivity contribution in [2.24, 2.45) is 10.8 Å². The van der Waals surface area contributed by atoms with E-state index in [-0.39, 0.29) is 5.41 Å². The molecule has 0 aliphatic heterocycles. The number of rotatable bonds is 3. The normalized spacial score (nSPS) is 44.1. The summed E-state index contributed by atoms with van der Waals surface area (Å²) in [6.07, 6.45) is 3.78. The minimum Gasteiger partial charge on any atom is -0.481 e. The largest absolute Gasteiger partial charge is 0.481 e. The third-order valence-corrected chi connectivity index (χ3v) is 3.62. The van der Waals surface area contributed by atoms with Gasteiger partial charge in [0.1, 0.15) is 0 Å². The van der Waals surface area contributed by atoms with Crippen molar-refractivity contribution in [2.75, 3.05) is 13.7 Å². The number of carboxylic acids is 1. The second-order valence-corrected chi connectivity index (χ2v) is 4.13. The van der Waals surface area contributed by atoms with Crippen LogP contribution in [0, 0.1) is 10.8 Å². The lowest BCUT2D eigenvalue weighted by atomic mass is 9.97. The first-order chi connectivity index (χ1) is 5.67. The third kappa shape index (κ3) is 0.724. The number of hydrogen-bond donors (Lipinski definition) is 1. The van der Waals surface area contributed by atoms with Crippen LogP contribution in [0.3, 0.4) is 0 Å². The van der Waals surface area contributed by atoms with E-state index in [1.54, 1.807) is 7.11 Å². The first-order valence-corrected chi connectivity index (χ1v) is 4.39. The summed E-state index contributed by atoms with van der Waals surface area (Å²) in [4.78, 5) is 11.0. The van der Waals surface area contributed by atoms with Gasteiger partial charge in [-0.05, 0) is 19.3 Å². The summed E-state index contributed by atoms with van der Waals surface area (Å²) in [6, 6.07) is 0. The average Bonchev–Trinajstić information content (AvgIpc) is 2.51. The van der Waals surface area contributed by atoms with E-state index in [1.165, 1.54) is 0 Å². The van der Waals surface area contributed by atoms with E-state index >= 15 is 0 Å². The molecule has 0 heterocycles. The highest BCUT2D eigenvalue weighted by atomic mass is 16.5. The lowest BCUT2D eigenvalue weighted by Gasteiger charge is -2.12. The molecule has 0 amide bonds. The van der Waals surface area contributed by atoms with Crippen molar-refractivity contribution in [1.82, 2.24) is 0 Å². The smallest absolute Gasteiger partial charge is 0.310 e. The molecule has 0 spiro atoms. The minimum atomic E-state index is -0.614. The molecule has 12 heavy (non-hydrogen) atoms. The monoisotopic (exact) mass is 170 g/mol. The second kappa shape index (κ2) is 2.22. The molecule has 2 aliphatic rings. The van der Waals surface area contributed by atoms with Gasteiger partial charge in [0.15, 0.2) is 0 Å². The molecule has 0 bridgehead atoms. The van der Waals surface area contributed by atoms with Crippen LogP contribution in [-0.4, -0.2) is 24.8 Å². The lowest BCUT2D eigenvalue weighted by molar-refractivity contribution is -0.144. The van der Waals surface area contributed by atoms with Gasteiger partial charge in [-0.25, -0.2) is 0 Å². The molecule has 2 atom stereocenters. The molecule has 0 radical (unpaired) electrons. The third-order valence-electron chi connectivity index (χ3n) is 3.62. The summed E-state index contributed by atoms with van der Waals surface area (Å²) in [5.41, 5.74) is -0.392. The Kier molecular flexibility index (Phi) is 1.49. The van der Waals surface area contributed by atoms with E-state index in [4.69, 9.17) is 9.84 Å². The van der Waals surface area contributed by atoms with Gasteiger partial charge >= 0.3 is 5.97 Å². The van der Waals surface area contributed by atoms with Crippen molar-refractivity contribution in [3.63, 3.8) is 0 Å². The molecule has 2 unspecified atom stereocenters. The molecule has 2 fully saturated rings. The van der Waals surface area contributed by atoms with E-state index in [2.05, 4.69) is 0 Å². The minimum absolute atomic E-state index is 0.00752. The van der Waals surface area contributed by atoms with Crippen LogP contribution in [0.15, 0.2) is 0 Å². The molecular formula is C9H14O3. The van der Waals surface area contributed by atoms with Crippen LogP contribution in [0.2, 0.25) is 0 Å². The van der Waals surface area contributed by atoms with Gasteiger partial charge in [-0.3, -0.25) is 4.79 Å². The number of carboxylic acid groups (broad SMARTS) is 1. The number of hydrogen-bond acceptors (Lipinski definition) is 2. The topological polar surface area (TPSA) is 46.5 Å². The first-order valence-electron chi connectivity index (χ1n) is 4.39. The molecule has 0 saturated heterocycles. The Balaban J connectivity index is 2.16. The first kappa shape index (κ1) is 8.05. The summed E-state index contributed by atoms with van der Waals surface area (Å²) in [6.45, 7) is 0.624. The highest BCUT2D eigenvalue weighted by molar-refractivity contribution is 5.80. The molecule has 3 heteroatoms. The van der Waals surface area contributed by atoms with Crippen LogP contribution in [0.1, 0.15) is 25.7 Å². The maximum Gasteiger partial charge on any atom is 0.310 e. The van der Waals surface area contributed by atoms with Crippen LogP contribution in [0.4, 0.5) is 0 Å². The van der Waals surface area contributed by atoms with Crippen molar-refractivity contribution in [3.05, 3.63) is 0 Å². The van der Waals surface area contributed by atoms with Crippen LogP contribution >= 0.6 is 0 Å². The SMILES string of the molecule is COCC12CCCC1(C(=O)O)C2. The summed E-state index contributed by atoms with van der Waals surface area (Å²) in [5.74, 6) is -0.614. The van der Waals surface area contributed by atoms with E-state index in [9.17, 15) is 4.79 Å². The number of carbonyl (C=O) groups is 1.